The van der Waals surface area contributed by atoms with Crippen LogP contribution >= 0.6 is 0 Å². The van der Waals surface area contributed by atoms with Crippen LogP contribution in [0.15, 0.2) is 29.4 Å². The van der Waals surface area contributed by atoms with E-state index in [1.807, 2.05) is 6.07 Å². The summed E-state index contributed by atoms with van der Waals surface area (Å²) in [7, 11) is 0. The summed E-state index contributed by atoms with van der Waals surface area (Å²) >= 11 is 0. The summed E-state index contributed by atoms with van der Waals surface area (Å²) in [6.45, 7) is 3.49. The van der Waals surface area contributed by atoms with Crippen molar-refractivity contribution in [3.63, 3.8) is 0 Å². The highest BCUT2D eigenvalue weighted by atomic mass is 16.4. The summed E-state index contributed by atoms with van der Waals surface area (Å²) in [6.07, 6.45) is 0.442. The molecule has 0 atom stereocenters. The summed E-state index contributed by atoms with van der Waals surface area (Å²) in [5.74, 6) is -0.0364. The van der Waals surface area contributed by atoms with Gasteiger partial charge in [-0.05, 0) is 19.1 Å². The van der Waals surface area contributed by atoms with E-state index in [1.165, 1.54) is 0 Å². The Balaban J connectivity index is 2.88. The zero-order valence-electron chi connectivity index (χ0n) is 8.82. The van der Waals surface area contributed by atoms with Gasteiger partial charge in [0, 0.05) is 17.7 Å². The molecule has 0 aliphatic heterocycles. The monoisotopic (exact) mass is 206 g/mol. The molecule has 0 saturated heterocycles. The number of anilines is 1. The van der Waals surface area contributed by atoms with E-state index < -0.39 is 0 Å². The topological polar surface area (TPSA) is 61.7 Å². The zero-order valence-corrected chi connectivity index (χ0v) is 8.82. The summed E-state index contributed by atoms with van der Waals surface area (Å²) in [4.78, 5) is 11.1. The number of amides is 1. The zero-order chi connectivity index (χ0) is 11.3. The molecule has 1 amide bonds. The van der Waals surface area contributed by atoms with Gasteiger partial charge in [0.15, 0.2) is 0 Å². The van der Waals surface area contributed by atoms with Gasteiger partial charge in [-0.15, -0.1) is 0 Å². The molecular weight excluding hydrogens is 192 g/mol. The van der Waals surface area contributed by atoms with Gasteiger partial charge in [-0.3, -0.25) is 4.79 Å². The van der Waals surface area contributed by atoms with Crippen LogP contribution in [0.25, 0.3) is 0 Å². The molecule has 1 aromatic carbocycles. The number of carbonyl (C=O) groups is 1. The number of nitrogens with zero attached hydrogens (tertiary/aromatic N) is 1. The van der Waals surface area contributed by atoms with Gasteiger partial charge < -0.3 is 10.5 Å². The van der Waals surface area contributed by atoms with Gasteiger partial charge in [-0.2, -0.15) is 0 Å². The normalized spacial score (nSPS) is 11.2. The van der Waals surface area contributed by atoms with Gasteiger partial charge in [0.05, 0.1) is 5.71 Å². The molecule has 0 radical (unpaired) electrons. The van der Waals surface area contributed by atoms with Crippen molar-refractivity contribution in [1.29, 1.82) is 0 Å². The van der Waals surface area contributed by atoms with Crippen molar-refractivity contribution in [2.45, 2.75) is 20.3 Å². The van der Waals surface area contributed by atoms with Crippen LogP contribution in [-0.4, -0.2) is 16.8 Å². The van der Waals surface area contributed by atoms with Gasteiger partial charge in [0.2, 0.25) is 5.91 Å². The largest absolute Gasteiger partial charge is 0.411 e. The highest BCUT2D eigenvalue weighted by Gasteiger charge is 2.01. The van der Waals surface area contributed by atoms with Gasteiger partial charge in [-0.25, -0.2) is 0 Å². The Bertz CT molecular complexity index is 386. The molecule has 0 saturated carbocycles. The molecule has 0 aliphatic carbocycles. The summed E-state index contributed by atoms with van der Waals surface area (Å²) < 4.78 is 0. The molecular formula is C11H14N2O2. The molecule has 0 aliphatic rings. The molecule has 15 heavy (non-hydrogen) atoms. The maximum absolute atomic E-state index is 11.1. The maximum atomic E-state index is 11.1. The molecule has 0 aromatic heterocycles. The second kappa shape index (κ2) is 5.14. The molecule has 1 rings (SSSR count). The van der Waals surface area contributed by atoms with E-state index >= 15 is 0 Å². The Morgan fingerprint density at radius 1 is 1.53 bits per heavy atom. The minimum absolute atomic E-state index is 0.0364. The fraction of sp³-hybridized carbons (Fsp3) is 0.273. The first-order valence-electron chi connectivity index (χ1n) is 4.76. The standard InChI is InChI=1S/C11H14N2O2/c1-3-11(14)12-10-6-4-5-9(7-10)8(2)13-15/h4-7,15H,3H2,1-2H3,(H,12,14)/b13-8+. The fourth-order valence-corrected chi connectivity index (χ4v) is 1.13. The molecule has 0 unspecified atom stereocenters. The highest BCUT2D eigenvalue weighted by Crippen LogP contribution is 2.11. The molecule has 0 heterocycles. The van der Waals surface area contributed by atoms with Crippen LogP contribution in [0.4, 0.5) is 5.69 Å². The van der Waals surface area contributed by atoms with Gasteiger partial charge in [0.25, 0.3) is 0 Å². The van der Waals surface area contributed by atoms with E-state index in [1.54, 1.807) is 32.0 Å². The van der Waals surface area contributed by atoms with Crippen LogP contribution in [0, 0.1) is 0 Å². The Morgan fingerprint density at radius 2 is 2.27 bits per heavy atom. The number of nitrogens with one attached hydrogen (secondary N) is 1. The Hall–Kier alpha value is -1.84. The summed E-state index contributed by atoms with van der Waals surface area (Å²) in [5.41, 5.74) is 2.01. The van der Waals surface area contributed by atoms with E-state index in [4.69, 9.17) is 5.21 Å². The average molecular weight is 206 g/mol. The second-order valence-corrected chi connectivity index (χ2v) is 3.17. The van der Waals surface area contributed by atoms with Crippen molar-refractivity contribution in [3.8, 4) is 0 Å². The van der Waals surface area contributed by atoms with E-state index in [0.717, 1.165) is 5.56 Å². The predicted molar refractivity (Wildman–Crippen MR) is 59.4 cm³/mol. The van der Waals surface area contributed by atoms with Gasteiger partial charge in [0.1, 0.15) is 0 Å². The third-order valence-corrected chi connectivity index (χ3v) is 2.04. The minimum atomic E-state index is -0.0364. The fourth-order valence-electron chi connectivity index (χ4n) is 1.13. The van der Waals surface area contributed by atoms with Crippen molar-refractivity contribution >= 4 is 17.3 Å². The van der Waals surface area contributed by atoms with Crippen LogP contribution in [-0.2, 0) is 4.79 Å². The lowest BCUT2D eigenvalue weighted by Gasteiger charge is -2.05. The predicted octanol–water partition coefficient (Wildman–Crippen LogP) is 2.23. The first kappa shape index (κ1) is 11.2. The van der Waals surface area contributed by atoms with Gasteiger partial charge in [-0.1, -0.05) is 24.2 Å². The van der Waals surface area contributed by atoms with E-state index in [2.05, 4.69) is 10.5 Å². The van der Waals surface area contributed by atoms with Crippen LogP contribution in [0.2, 0.25) is 0 Å². The maximum Gasteiger partial charge on any atom is 0.224 e. The molecule has 1 aromatic rings. The summed E-state index contributed by atoms with van der Waals surface area (Å²) in [5, 5.41) is 14.4. The van der Waals surface area contributed by atoms with Gasteiger partial charge >= 0.3 is 0 Å². The molecule has 80 valence electrons. The van der Waals surface area contributed by atoms with Crippen LogP contribution in [0.3, 0.4) is 0 Å². The first-order chi connectivity index (χ1) is 7.17. The smallest absolute Gasteiger partial charge is 0.224 e. The lowest BCUT2D eigenvalue weighted by Crippen LogP contribution is -2.09. The van der Waals surface area contributed by atoms with Crippen LogP contribution in [0.1, 0.15) is 25.8 Å². The number of carbonyl (C=O) groups excluding carboxylic acids is 1. The lowest BCUT2D eigenvalue weighted by molar-refractivity contribution is -0.115. The molecule has 4 nitrogen and oxygen atoms in total. The minimum Gasteiger partial charge on any atom is -0.411 e. The molecule has 0 spiro atoms. The van der Waals surface area contributed by atoms with Crippen molar-refractivity contribution < 1.29 is 10.0 Å². The Morgan fingerprint density at radius 3 is 2.87 bits per heavy atom. The number of rotatable bonds is 3. The van der Waals surface area contributed by atoms with Crippen LogP contribution in [0.5, 0.6) is 0 Å². The lowest BCUT2D eigenvalue weighted by atomic mass is 10.1. The Kier molecular flexibility index (Phi) is 3.85. The number of hydrogen-bond acceptors (Lipinski definition) is 3. The van der Waals surface area contributed by atoms with Crippen molar-refractivity contribution in [2.24, 2.45) is 5.16 Å². The van der Waals surface area contributed by atoms with Crippen LogP contribution < -0.4 is 5.32 Å². The van der Waals surface area contributed by atoms with Crippen molar-refractivity contribution in [2.75, 3.05) is 5.32 Å². The molecule has 4 heteroatoms. The molecule has 2 N–H and O–H groups in total. The molecule has 0 fully saturated rings. The first-order valence-corrected chi connectivity index (χ1v) is 4.76. The molecule has 0 bridgehead atoms. The van der Waals surface area contributed by atoms with Crippen molar-refractivity contribution in [1.82, 2.24) is 0 Å². The number of hydrogen-bond donors (Lipinski definition) is 2. The van der Waals surface area contributed by atoms with Crippen molar-refractivity contribution in [3.05, 3.63) is 29.8 Å². The quantitative estimate of drug-likeness (QED) is 0.452. The average Bonchev–Trinajstić information content (AvgIpc) is 2.28. The van der Waals surface area contributed by atoms with E-state index in [-0.39, 0.29) is 5.91 Å². The van der Waals surface area contributed by atoms with E-state index in [9.17, 15) is 4.79 Å². The third kappa shape index (κ3) is 3.09. The Labute approximate surface area is 88.6 Å². The number of benzene rings is 1. The second-order valence-electron chi connectivity index (χ2n) is 3.17. The van der Waals surface area contributed by atoms with E-state index in [0.29, 0.717) is 17.8 Å². The summed E-state index contributed by atoms with van der Waals surface area (Å²) in [6, 6.07) is 7.18. The number of oxime groups is 1. The SMILES string of the molecule is CCC(=O)Nc1cccc(/C(C)=N/O)c1. The third-order valence-electron chi connectivity index (χ3n) is 2.04. The highest BCUT2D eigenvalue weighted by molar-refractivity contribution is 6.00.